The summed E-state index contributed by atoms with van der Waals surface area (Å²) in [6.45, 7) is 2.08. The van der Waals surface area contributed by atoms with Crippen LogP contribution in [0.25, 0.3) is 22.2 Å². The highest BCUT2D eigenvalue weighted by Crippen LogP contribution is 2.55. The van der Waals surface area contributed by atoms with Crippen molar-refractivity contribution in [2.75, 3.05) is 19.1 Å². The van der Waals surface area contributed by atoms with Crippen LogP contribution in [0.4, 0.5) is 11.5 Å². The van der Waals surface area contributed by atoms with Gasteiger partial charge in [0.2, 0.25) is 0 Å². The molecule has 2 aliphatic rings. The van der Waals surface area contributed by atoms with Gasteiger partial charge in [0.25, 0.3) is 5.91 Å². The number of aromatic amines is 1. The number of ether oxygens (including phenoxy) is 1. The molecule has 13 nitrogen and oxygen atoms in total. The maximum atomic E-state index is 13.9. The molecule has 2 fully saturated rings. The highest BCUT2D eigenvalue weighted by Gasteiger charge is 2.57. The lowest BCUT2D eigenvalue weighted by atomic mass is 9.91. The molecule has 0 unspecified atom stereocenters. The number of methoxy groups -OCH3 is 1. The van der Waals surface area contributed by atoms with Crippen LogP contribution >= 0.6 is 11.8 Å². The van der Waals surface area contributed by atoms with Crippen LogP contribution in [0.3, 0.4) is 0 Å². The van der Waals surface area contributed by atoms with E-state index in [2.05, 4.69) is 72.1 Å². The molecule has 244 valence electrons. The first-order chi connectivity index (χ1) is 23.4. The molecular weight excluding hydrogens is 629 g/mol. The minimum absolute atomic E-state index is 0.186. The first kappa shape index (κ1) is 30.1. The normalized spacial score (nSPS) is 20.0. The minimum Gasteiger partial charge on any atom is -0.467 e. The molecule has 14 heteroatoms. The Morgan fingerprint density at radius 3 is 2.81 bits per heavy atom. The van der Waals surface area contributed by atoms with Crippen molar-refractivity contribution in [2.45, 2.75) is 61.0 Å². The molecule has 0 radical (unpaired) electrons. The predicted octanol–water partition coefficient (Wildman–Crippen LogP) is 5.82. The molecule has 2 aliphatic carbocycles. The molecule has 0 spiro atoms. The summed E-state index contributed by atoms with van der Waals surface area (Å²) in [6.07, 6.45) is 9.52. The highest BCUT2D eigenvalue weighted by molar-refractivity contribution is 7.98. The zero-order valence-corrected chi connectivity index (χ0v) is 27.6. The lowest BCUT2D eigenvalue weighted by Crippen LogP contribution is -2.45. The Morgan fingerprint density at radius 2 is 2.00 bits per heavy atom. The van der Waals surface area contributed by atoms with Crippen LogP contribution in [0.15, 0.2) is 76.8 Å². The van der Waals surface area contributed by atoms with Crippen molar-refractivity contribution >= 4 is 40.1 Å². The fourth-order valence-electron chi connectivity index (χ4n) is 7.25. The van der Waals surface area contributed by atoms with Gasteiger partial charge < -0.3 is 19.4 Å². The van der Waals surface area contributed by atoms with Crippen LogP contribution in [0.1, 0.15) is 53.8 Å². The lowest BCUT2D eigenvalue weighted by Gasteiger charge is -2.28. The van der Waals surface area contributed by atoms with Gasteiger partial charge in [0.15, 0.2) is 10.9 Å². The summed E-state index contributed by atoms with van der Waals surface area (Å²) >= 11 is 1.49. The molecule has 2 saturated carbocycles. The van der Waals surface area contributed by atoms with Crippen molar-refractivity contribution in [3.05, 3.63) is 84.1 Å². The molecule has 2 aromatic carbocycles. The van der Waals surface area contributed by atoms with Crippen LogP contribution in [0, 0.1) is 6.92 Å². The zero-order valence-electron chi connectivity index (χ0n) is 26.8. The van der Waals surface area contributed by atoms with E-state index in [1.807, 2.05) is 47.0 Å². The molecule has 0 saturated heterocycles. The number of nitrogens with zero attached hydrogens (tertiary/aromatic N) is 8. The minimum atomic E-state index is -0.339. The first-order valence-electron chi connectivity index (χ1n) is 15.8. The van der Waals surface area contributed by atoms with E-state index in [1.165, 1.54) is 18.1 Å². The number of hydrogen-bond donors (Lipinski definition) is 2. The van der Waals surface area contributed by atoms with E-state index in [0.29, 0.717) is 28.3 Å². The van der Waals surface area contributed by atoms with Gasteiger partial charge >= 0.3 is 6.01 Å². The Kier molecular flexibility index (Phi) is 7.39. The largest absolute Gasteiger partial charge is 0.467 e. The fourth-order valence-corrected chi connectivity index (χ4v) is 8.05. The van der Waals surface area contributed by atoms with Gasteiger partial charge in [-0.3, -0.25) is 9.89 Å². The molecule has 2 N–H and O–H groups in total. The van der Waals surface area contributed by atoms with E-state index >= 15 is 0 Å². The third kappa shape index (κ3) is 5.25. The van der Waals surface area contributed by atoms with Gasteiger partial charge in [-0.05, 0) is 68.9 Å². The predicted molar refractivity (Wildman–Crippen MR) is 180 cm³/mol. The number of nitrogens with one attached hydrogen (secondary N) is 2. The van der Waals surface area contributed by atoms with Gasteiger partial charge in [-0.15, -0.1) is 5.10 Å². The number of rotatable bonds is 10. The number of thioether (sulfide) groups is 1. The molecule has 0 atom stereocenters. The van der Waals surface area contributed by atoms with Crippen molar-refractivity contribution in [1.82, 2.24) is 45.5 Å². The maximum absolute atomic E-state index is 13.9. The van der Waals surface area contributed by atoms with Crippen LogP contribution in [-0.2, 0) is 11.3 Å². The number of amides is 1. The smallest absolute Gasteiger partial charge is 0.318 e. The average Bonchev–Trinajstić information content (AvgIpc) is 3.96. The number of carbonyl (C=O) groups is 1. The van der Waals surface area contributed by atoms with E-state index in [4.69, 9.17) is 9.15 Å². The Labute approximate surface area is 280 Å². The Bertz CT molecular complexity index is 2120. The van der Waals surface area contributed by atoms with Gasteiger partial charge in [-0.2, -0.15) is 10.1 Å². The van der Waals surface area contributed by atoms with Crippen LogP contribution < -0.4 is 15.0 Å². The summed E-state index contributed by atoms with van der Waals surface area (Å²) in [5.74, 6) is 1.41. The molecule has 48 heavy (non-hydrogen) atoms. The lowest BCUT2D eigenvalue weighted by molar-refractivity contribution is 0.0873. The third-order valence-corrected chi connectivity index (χ3v) is 10.7. The number of para-hydroxylation sites is 1. The van der Waals surface area contributed by atoms with E-state index in [9.17, 15) is 4.79 Å². The zero-order chi connectivity index (χ0) is 32.9. The molecule has 1 amide bonds. The summed E-state index contributed by atoms with van der Waals surface area (Å²) in [7, 11) is 3.51. The van der Waals surface area contributed by atoms with Gasteiger partial charge in [-0.25, -0.2) is 14.6 Å². The third-order valence-electron chi connectivity index (χ3n) is 9.84. The molecule has 4 aromatic heterocycles. The molecular formula is C34H34N10O3S. The van der Waals surface area contributed by atoms with Gasteiger partial charge in [-0.1, -0.05) is 41.2 Å². The molecule has 0 aliphatic heterocycles. The topological polar surface area (TPSA) is 153 Å². The molecule has 8 rings (SSSR count). The number of benzene rings is 2. The van der Waals surface area contributed by atoms with Crippen molar-refractivity contribution in [3.8, 4) is 17.3 Å². The number of aryl methyl sites for hydroxylation is 1. The van der Waals surface area contributed by atoms with Crippen molar-refractivity contribution < 1.29 is 13.9 Å². The van der Waals surface area contributed by atoms with Crippen LogP contribution in [0.5, 0.6) is 6.01 Å². The standard InChI is InChI=1S/C34H34N10O3S/c1-21-8-9-22(43(2)28-10-15-35-31(38-28)46-3)16-24(21)26-17-44(42-40-26)34-13-11-33(19-34,12-14-34)39-30(45)29-25(18-48-32-36-20-37-41-32)23-6-4-5-7-27(23)47-29/h4-10,15-17,20H,11-14,18-19H2,1-3H3,(H,39,45)(H,36,37,41). The number of aromatic nitrogens is 8. The van der Waals surface area contributed by atoms with E-state index in [1.54, 1.807) is 13.3 Å². The van der Waals surface area contributed by atoms with Gasteiger partial charge in [0, 0.05) is 46.7 Å². The van der Waals surface area contributed by atoms with Crippen LogP contribution in [0.2, 0.25) is 0 Å². The molecule has 6 aromatic rings. The summed E-state index contributed by atoms with van der Waals surface area (Å²) < 4.78 is 13.4. The Hall–Kier alpha value is -5.24. The quantitative estimate of drug-likeness (QED) is 0.171. The number of carbonyl (C=O) groups excluding carboxylic acids is 1. The number of furan rings is 1. The van der Waals surface area contributed by atoms with Crippen molar-refractivity contribution in [2.24, 2.45) is 0 Å². The number of anilines is 2. The molecule has 2 bridgehead atoms. The van der Waals surface area contributed by atoms with Crippen molar-refractivity contribution in [1.29, 1.82) is 0 Å². The van der Waals surface area contributed by atoms with E-state index in [-0.39, 0.29) is 17.0 Å². The Balaban J connectivity index is 1.02. The number of hydrogen-bond acceptors (Lipinski definition) is 11. The summed E-state index contributed by atoms with van der Waals surface area (Å²) in [6, 6.07) is 16.2. The van der Waals surface area contributed by atoms with E-state index < -0.39 is 0 Å². The highest BCUT2D eigenvalue weighted by atomic mass is 32.2. The second-order valence-electron chi connectivity index (χ2n) is 12.6. The number of H-pyrrole nitrogens is 1. The van der Waals surface area contributed by atoms with Crippen molar-refractivity contribution in [3.63, 3.8) is 0 Å². The summed E-state index contributed by atoms with van der Waals surface area (Å²) in [4.78, 5) is 28.7. The summed E-state index contributed by atoms with van der Waals surface area (Å²) in [5.41, 5.74) is 4.85. The average molecular weight is 663 g/mol. The maximum Gasteiger partial charge on any atom is 0.318 e. The van der Waals surface area contributed by atoms with Gasteiger partial charge in [0.1, 0.15) is 23.4 Å². The van der Waals surface area contributed by atoms with Gasteiger partial charge in [0.05, 0.1) is 18.8 Å². The fraction of sp³-hybridized carbons (Fsp3) is 0.324. The second kappa shape index (κ2) is 11.8. The summed E-state index contributed by atoms with van der Waals surface area (Å²) in [5, 5.41) is 21.2. The van der Waals surface area contributed by atoms with Crippen LogP contribution in [-0.4, -0.2) is 65.7 Å². The SMILES string of the molecule is COc1nccc(N(C)c2ccc(C)c(-c3cn(C45CCC(NC(=O)c6oc7ccccc7c6CSc6ncn[nH]6)(CC4)C5)nn3)c2)n1. The number of fused-ring (bicyclic) bond motifs is 3. The van der Waals surface area contributed by atoms with E-state index in [0.717, 1.165) is 71.4 Å². The monoisotopic (exact) mass is 662 g/mol. The Morgan fingerprint density at radius 1 is 1.15 bits per heavy atom. The first-order valence-corrected chi connectivity index (χ1v) is 16.8. The second-order valence-corrected chi connectivity index (χ2v) is 13.6. The molecule has 4 heterocycles.